The van der Waals surface area contributed by atoms with Crippen LogP contribution in [0.25, 0.3) is 0 Å². The van der Waals surface area contributed by atoms with Crippen LogP contribution in [0.3, 0.4) is 0 Å². The molecule has 8 N–H and O–H groups in total. The van der Waals surface area contributed by atoms with Crippen LogP contribution in [0.1, 0.15) is 195 Å². The van der Waals surface area contributed by atoms with E-state index < -0.39 is 23.2 Å². The number of aryl methyl sites for hydroxylation is 2. The summed E-state index contributed by atoms with van der Waals surface area (Å²) in [7, 11) is -0.523. The molecule has 2 aromatic heterocycles. The van der Waals surface area contributed by atoms with E-state index >= 15 is 0 Å². The number of carbonyl (C=O) groups is 3. The van der Waals surface area contributed by atoms with Gasteiger partial charge in [-0.25, -0.2) is 15.9 Å². The fourth-order valence-corrected chi connectivity index (χ4v) is 8.10. The Labute approximate surface area is 511 Å². The Bertz CT molecular complexity index is 2890. The van der Waals surface area contributed by atoms with Gasteiger partial charge in [0.1, 0.15) is 29.5 Å². The highest BCUT2D eigenvalue weighted by molar-refractivity contribution is 8.09. The molecule has 6 heterocycles. The molecule has 4 unspecified atom stereocenters. The van der Waals surface area contributed by atoms with Gasteiger partial charge in [0, 0.05) is 32.8 Å². The maximum atomic E-state index is 11.3. The molecule has 1 aromatic carbocycles. The Morgan fingerprint density at radius 2 is 1.16 bits per heavy atom. The molecule has 2 amide bonds. The van der Waals surface area contributed by atoms with Gasteiger partial charge >= 0.3 is 0 Å². The van der Waals surface area contributed by atoms with Gasteiger partial charge in [0.15, 0.2) is 29.3 Å². The number of ether oxygens (including phenoxy) is 1. The largest absolute Gasteiger partial charge is 0.505 e. The van der Waals surface area contributed by atoms with Crippen LogP contribution in [0, 0.1) is 46.8 Å². The van der Waals surface area contributed by atoms with Crippen LogP contribution in [0.15, 0.2) is 111 Å². The van der Waals surface area contributed by atoms with Gasteiger partial charge in [-0.1, -0.05) is 209 Å². The van der Waals surface area contributed by atoms with Crippen molar-refractivity contribution in [3.63, 3.8) is 0 Å². The minimum Gasteiger partial charge on any atom is -0.505 e. The first-order valence-electron chi connectivity index (χ1n) is 28.1. The van der Waals surface area contributed by atoms with Gasteiger partial charge in [0.2, 0.25) is 5.88 Å². The number of nitrogens with one attached hydrogen (secondary N) is 5. The molecular formula is C65H105N9O10S. The molecule has 4 atom stereocenters. The first-order valence-corrected chi connectivity index (χ1v) is 29.4. The van der Waals surface area contributed by atoms with E-state index in [0.29, 0.717) is 28.6 Å². The zero-order chi connectivity index (χ0) is 66.6. The van der Waals surface area contributed by atoms with Crippen molar-refractivity contribution in [3.05, 3.63) is 126 Å². The molecule has 1 saturated heterocycles. The molecule has 476 valence electrons. The van der Waals surface area contributed by atoms with E-state index in [0.717, 1.165) is 28.9 Å². The van der Waals surface area contributed by atoms with Crippen LogP contribution in [0.4, 0.5) is 0 Å². The number of carbonyl (C=O) groups excluding carboxylic acids is 3. The molecule has 20 heteroatoms. The number of H-pyrrole nitrogens is 1. The number of aromatic amines is 1. The van der Waals surface area contributed by atoms with E-state index in [1.165, 1.54) is 17.4 Å². The number of amidine groups is 2. The monoisotopic (exact) mass is 1200 g/mol. The summed E-state index contributed by atoms with van der Waals surface area (Å²) in [6, 6.07) is 8.74. The van der Waals surface area contributed by atoms with E-state index in [-0.39, 0.29) is 78.3 Å². The zero-order valence-corrected chi connectivity index (χ0v) is 56.9. The van der Waals surface area contributed by atoms with Crippen LogP contribution < -0.4 is 21.6 Å². The normalized spacial score (nSPS) is 19.4. The number of aromatic hydroxyl groups is 1. The van der Waals surface area contributed by atoms with Crippen molar-refractivity contribution in [3.8, 4) is 5.75 Å². The highest BCUT2D eigenvalue weighted by atomic mass is 32.2. The second-order valence-electron chi connectivity index (χ2n) is 29.4. The van der Waals surface area contributed by atoms with Crippen LogP contribution in [-0.2, 0) is 44.5 Å². The molecule has 3 aromatic rings. The fraction of sp³-hybridized carbons (Fsp3) is 0.569. The van der Waals surface area contributed by atoms with Crippen LogP contribution in [-0.4, -0.2) is 77.8 Å². The Balaban J connectivity index is 0.000000486. The van der Waals surface area contributed by atoms with Gasteiger partial charge in [0.25, 0.3) is 11.8 Å². The van der Waals surface area contributed by atoms with Crippen molar-refractivity contribution in [2.75, 3.05) is 0 Å². The summed E-state index contributed by atoms with van der Waals surface area (Å²) >= 11 is 0. The highest BCUT2D eigenvalue weighted by Gasteiger charge is 2.49. The third kappa shape index (κ3) is 25.0. The predicted molar refractivity (Wildman–Crippen MR) is 346 cm³/mol. The summed E-state index contributed by atoms with van der Waals surface area (Å²) in [6.45, 7) is 66.9. The minimum absolute atomic E-state index is 0.00694. The molecular weight excluding hydrogens is 1100 g/mol. The fourth-order valence-electron chi connectivity index (χ4n) is 7.37. The van der Waals surface area contributed by atoms with Gasteiger partial charge in [-0.3, -0.25) is 24.8 Å². The number of rotatable bonds is 0. The molecule has 4 aliphatic heterocycles. The number of furan rings is 1. The molecule has 2 fully saturated rings. The Kier molecular flexibility index (Phi) is 26.5. The first-order chi connectivity index (χ1) is 38.1. The number of aliphatic hydroxyl groups excluding tert-OH is 2. The predicted octanol–water partition coefficient (Wildman–Crippen LogP) is 13.6. The van der Waals surface area contributed by atoms with Gasteiger partial charge in [-0.05, 0) is 60.1 Å². The number of benzene rings is 1. The lowest BCUT2D eigenvalue weighted by molar-refractivity contribution is -0.136. The maximum Gasteiger partial charge on any atom is 0.268 e. The number of aliphatic hydroxyl groups is 2. The second-order valence-corrected chi connectivity index (χ2v) is 30.4. The smallest absolute Gasteiger partial charge is 0.268 e. The van der Waals surface area contributed by atoms with Crippen molar-refractivity contribution >= 4 is 46.1 Å². The molecule has 1 aliphatic carbocycles. The van der Waals surface area contributed by atoms with E-state index in [1.807, 2.05) is 90.0 Å². The standard InChI is InChI=1S/C11H16.C9H13NO2.C9H14O2.C8H13NO2.C8H12O2.C7H13N3.C7H12N2O.C6H12N2OS/c1-9-5-7-10(8-6-9)11(2,3)4;1-5-7(11)6(8(12)10-5)9(2,3)4;1-5-7(10)6(8(5)11)9(2,3)4;1-5-9-7(10)6(11-5)8(2,3)4;1-8(2,3)6-4-10-5-7(6)9;1-5-8-6(10-9-5)7(2,3)4;1-5-8-6(9-10-5)7(2,3)4;1-6(2,3)5-7-9-10(4)8-5/h5-8H,1-4H3;11H,1H2,2-4H3,(H,10,12);6-7,10H,1H2,2-4H3;6H,1H2,2-4H3,(H,9,10);4-5,9H,1-3H3;1-4H3,(H,8,9,10);1H2,2-4H3,(H,8,9);4H2,1-3H3,(H,7,8). The quantitative estimate of drug-likeness (QED) is 0.0769. The lowest BCUT2D eigenvalue weighted by Crippen LogP contribution is -2.51. The molecule has 1 saturated carbocycles. The van der Waals surface area contributed by atoms with Crippen molar-refractivity contribution in [2.24, 2.45) is 42.4 Å². The highest BCUT2D eigenvalue weighted by Crippen LogP contribution is 2.41. The Morgan fingerprint density at radius 3 is 1.38 bits per heavy atom. The first kappa shape index (κ1) is 76.2. The number of nitrogens with zero attached hydrogens (tertiary/aromatic N) is 4. The van der Waals surface area contributed by atoms with E-state index in [1.54, 1.807) is 6.26 Å². The average molecular weight is 1200 g/mol. The molecule has 5 aliphatic rings. The average Bonchev–Trinajstić information content (AvgIpc) is 4.07. The number of Topliss-reactive ketones (excluding diaryl/α,β-unsaturated/α-hetero) is 1. The minimum atomic E-state index is -0.609. The Morgan fingerprint density at radius 1 is 0.635 bits per heavy atom. The summed E-state index contributed by atoms with van der Waals surface area (Å²) in [5, 5.41) is 39.9. The summed E-state index contributed by atoms with van der Waals surface area (Å²) in [5.74, 6) is 7.59. The number of hydrogen-bond acceptors (Lipinski definition) is 16. The SMILES string of the molecule is C=C1C(=O)C(C(C)(C)C)C1O.C=C1N=C(C(C)(C)C)NO1.C=C1NC(=O)C(C(C)(C)C)=C1O.C=C1NC(=O)C(C(C)(C)C)O1.C=S1N=C(C(C)(C)C)NO1.CC(C)(C)c1cocc1O.Cc1ccc(C(C)(C)C)cc1.Cc1nc(C(C)(C)C)n[nH]1. The lowest BCUT2D eigenvalue weighted by atomic mass is 9.63. The molecule has 0 spiro atoms. The number of hydroxylamine groups is 2. The molecule has 8 rings (SSSR count). The number of ketones is 1. The van der Waals surface area contributed by atoms with Gasteiger partial charge < -0.3 is 34.6 Å². The summed E-state index contributed by atoms with van der Waals surface area (Å²) in [5.41, 5.74) is 9.83. The number of amides is 2. The van der Waals surface area contributed by atoms with Gasteiger partial charge in [0.05, 0.1) is 40.5 Å². The Hall–Kier alpha value is -6.77. The second kappa shape index (κ2) is 29.6. The van der Waals surface area contributed by atoms with Crippen molar-refractivity contribution in [2.45, 2.75) is 208 Å². The number of hydrogen-bond donors (Lipinski definition) is 8. The van der Waals surface area contributed by atoms with E-state index in [2.05, 4.69) is 193 Å². The van der Waals surface area contributed by atoms with E-state index in [9.17, 15) is 29.7 Å². The van der Waals surface area contributed by atoms with Gasteiger partial charge in [-0.15, -0.1) is 0 Å². The van der Waals surface area contributed by atoms with Crippen molar-refractivity contribution in [1.29, 1.82) is 0 Å². The zero-order valence-electron chi connectivity index (χ0n) is 56.1. The molecule has 19 nitrogen and oxygen atoms in total. The molecule has 85 heavy (non-hydrogen) atoms. The number of aromatic nitrogens is 3. The van der Waals surface area contributed by atoms with E-state index in [4.69, 9.17) is 18.3 Å². The summed E-state index contributed by atoms with van der Waals surface area (Å²) in [4.78, 5) is 46.7. The van der Waals surface area contributed by atoms with Crippen LogP contribution >= 0.6 is 11.0 Å². The van der Waals surface area contributed by atoms with Crippen molar-refractivity contribution < 1.29 is 48.0 Å². The molecule has 0 radical (unpaired) electrons. The molecule has 0 bridgehead atoms. The topological polar surface area (TPSA) is 267 Å². The summed E-state index contributed by atoms with van der Waals surface area (Å²) < 4.78 is 19.1. The summed E-state index contributed by atoms with van der Waals surface area (Å²) in [6.07, 6.45) is 1.92. The number of aliphatic imine (C=N–C) groups is 1. The van der Waals surface area contributed by atoms with Gasteiger partial charge in [-0.2, -0.15) is 18.8 Å². The van der Waals surface area contributed by atoms with Crippen LogP contribution in [0.2, 0.25) is 0 Å². The lowest BCUT2D eigenvalue weighted by Gasteiger charge is -2.41. The third-order valence-corrected chi connectivity index (χ3v) is 13.2. The maximum absolute atomic E-state index is 11.3. The van der Waals surface area contributed by atoms with Crippen molar-refractivity contribution in [1.82, 2.24) is 36.8 Å². The third-order valence-electron chi connectivity index (χ3n) is 12.5. The van der Waals surface area contributed by atoms with Crippen LogP contribution in [0.5, 0.6) is 5.75 Å².